The van der Waals surface area contributed by atoms with Crippen molar-refractivity contribution < 1.29 is 26.4 Å². The molecule has 3 rings (SSSR count). The predicted octanol–water partition coefficient (Wildman–Crippen LogP) is 1.95. The summed E-state index contributed by atoms with van der Waals surface area (Å²) in [5, 5.41) is 7.38. The molecule has 0 amide bonds. The smallest absolute Gasteiger partial charge is 0.330 e. The number of rotatable bonds is 6. The second kappa shape index (κ2) is 7.68. The van der Waals surface area contributed by atoms with Crippen LogP contribution in [0.2, 0.25) is 0 Å². The van der Waals surface area contributed by atoms with Gasteiger partial charge < -0.3 is 4.74 Å². The van der Waals surface area contributed by atoms with E-state index in [2.05, 4.69) is 19.7 Å². The molecule has 0 bridgehead atoms. The average Bonchev–Trinajstić information content (AvgIpc) is 3.07. The first kappa shape index (κ1) is 20.6. The number of ether oxygens (including phenoxy) is 1. The van der Waals surface area contributed by atoms with Crippen LogP contribution in [0.1, 0.15) is 5.69 Å². The van der Waals surface area contributed by atoms with Gasteiger partial charge in [-0.25, -0.2) is 21.6 Å². The Labute approximate surface area is 167 Å². The maximum absolute atomic E-state index is 12.8. The number of nitrogens with one attached hydrogen (secondary N) is 2. The number of anilines is 1. The Bertz CT molecular complexity index is 1320. The Balaban J connectivity index is 2.00. The summed E-state index contributed by atoms with van der Waals surface area (Å²) in [5.41, 5.74) is 1.23. The third kappa shape index (κ3) is 4.46. The van der Waals surface area contributed by atoms with Crippen LogP contribution in [0.3, 0.4) is 0 Å². The van der Waals surface area contributed by atoms with Crippen molar-refractivity contribution in [2.45, 2.75) is 9.79 Å². The zero-order valence-corrected chi connectivity index (χ0v) is 17.0. The highest BCUT2D eigenvalue weighted by Gasteiger charge is 2.23. The zero-order valence-electron chi connectivity index (χ0n) is 15.4. The van der Waals surface area contributed by atoms with Crippen LogP contribution in [0.25, 0.3) is 17.0 Å². The first-order valence-electron chi connectivity index (χ1n) is 8.18. The van der Waals surface area contributed by atoms with Crippen LogP contribution < -0.4 is 4.72 Å². The Morgan fingerprint density at radius 3 is 2.45 bits per heavy atom. The van der Waals surface area contributed by atoms with Crippen molar-refractivity contribution in [2.24, 2.45) is 0 Å². The number of H-pyrrole nitrogens is 1. The van der Waals surface area contributed by atoms with Crippen LogP contribution in [0.5, 0.6) is 0 Å². The molecule has 1 aromatic heterocycles. The maximum Gasteiger partial charge on any atom is 0.330 e. The number of carbonyl (C=O) groups is 1. The molecule has 29 heavy (non-hydrogen) atoms. The number of benzene rings is 2. The number of nitrogens with zero attached hydrogens (tertiary/aromatic N) is 1. The van der Waals surface area contributed by atoms with E-state index in [1.807, 2.05) is 0 Å². The van der Waals surface area contributed by atoms with Gasteiger partial charge in [0, 0.05) is 23.4 Å². The number of fused-ring (bicyclic) bond motifs is 1. The quantitative estimate of drug-likeness (QED) is 0.446. The molecule has 3 aromatic rings. The highest BCUT2D eigenvalue weighted by atomic mass is 32.2. The fourth-order valence-electron chi connectivity index (χ4n) is 2.63. The van der Waals surface area contributed by atoms with Crippen molar-refractivity contribution in [3.8, 4) is 0 Å². The topological polar surface area (TPSA) is 135 Å². The van der Waals surface area contributed by atoms with E-state index in [0.717, 1.165) is 6.26 Å². The summed E-state index contributed by atoms with van der Waals surface area (Å²) in [6, 6.07) is 9.96. The van der Waals surface area contributed by atoms with Crippen molar-refractivity contribution in [1.82, 2.24) is 10.2 Å². The van der Waals surface area contributed by atoms with E-state index in [1.54, 1.807) is 6.07 Å². The number of aromatic amines is 1. The monoisotopic (exact) mass is 435 g/mol. The standard InChI is InChI=1S/C18H17N3O6S2/c1-27-18(22)10-9-15-13-11-12(7-8-14(13)19-20-15)21-29(25,26)17-6-4-3-5-16(17)28(2,23)24/h3-11,21H,1-2H3,(H,19,20)/b10-9+. The SMILES string of the molecule is COC(=O)/C=C/c1[nH]nc2ccc(NS(=O)(=O)c3ccccc3S(C)(=O)=O)cc12. The van der Waals surface area contributed by atoms with Gasteiger partial charge in [0.15, 0.2) is 9.84 Å². The molecule has 0 saturated heterocycles. The minimum absolute atomic E-state index is 0.204. The molecular formula is C18H17N3O6S2. The summed E-state index contributed by atoms with van der Waals surface area (Å²) < 4.78 is 56.4. The highest BCUT2D eigenvalue weighted by Crippen LogP contribution is 2.26. The summed E-state index contributed by atoms with van der Waals surface area (Å²) in [7, 11) is -6.67. The fraction of sp³-hybridized carbons (Fsp3) is 0.111. The summed E-state index contributed by atoms with van der Waals surface area (Å²) >= 11 is 0. The lowest BCUT2D eigenvalue weighted by Crippen LogP contribution is -2.16. The Morgan fingerprint density at radius 1 is 1.10 bits per heavy atom. The van der Waals surface area contributed by atoms with Gasteiger partial charge in [-0.2, -0.15) is 5.10 Å². The van der Waals surface area contributed by atoms with Gasteiger partial charge in [-0.05, 0) is 36.4 Å². The van der Waals surface area contributed by atoms with E-state index < -0.39 is 25.8 Å². The molecule has 0 spiro atoms. The zero-order chi connectivity index (χ0) is 21.2. The van der Waals surface area contributed by atoms with Crippen molar-refractivity contribution in [2.75, 3.05) is 18.1 Å². The number of hydrogen-bond acceptors (Lipinski definition) is 7. The van der Waals surface area contributed by atoms with Crippen LogP contribution >= 0.6 is 0 Å². The van der Waals surface area contributed by atoms with E-state index >= 15 is 0 Å². The molecular weight excluding hydrogens is 418 g/mol. The van der Waals surface area contributed by atoms with Crippen LogP contribution in [-0.4, -0.2) is 46.4 Å². The van der Waals surface area contributed by atoms with E-state index in [0.29, 0.717) is 16.6 Å². The second-order valence-electron chi connectivity index (χ2n) is 6.05. The molecule has 0 saturated carbocycles. The normalized spacial score (nSPS) is 12.3. The Morgan fingerprint density at radius 2 is 1.79 bits per heavy atom. The van der Waals surface area contributed by atoms with Crippen molar-refractivity contribution in [1.29, 1.82) is 0 Å². The highest BCUT2D eigenvalue weighted by molar-refractivity contribution is 7.95. The fourth-order valence-corrected chi connectivity index (χ4v) is 5.31. The molecule has 0 aliphatic carbocycles. The first-order chi connectivity index (χ1) is 13.6. The predicted molar refractivity (Wildman–Crippen MR) is 108 cm³/mol. The van der Waals surface area contributed by atoms with Gasteiger partial charge in [0.1, 0.15) is 4.90 Å². The third-order valence-electron chi connectivity index (χ3n) is 3.96. The maximum atomic E-state index is 12.8. The second-order valence-corrected chi connectivity index (χ2v) is 9.69. The van der Waals surface area contributed by atoms with Crippen LogP contribution in [-0.2, 0) is 29.4 Å². The lowest BCUT2D eigenvalue weighted by atomic mass is 10.2. The van der Waals surface area contributed by atoms with Gasteiger partial charge >= 0.3 is 5.97 Å². The number of esters is 1. The lowest BCUT2D eigenvalue weighted by molar-refractivity contribution is -0.134. The van der Waals surface area contributed by atoms with Crippen molar-refractivity contribution >= 4 is 48.5 Å². The molecule has 11 heteroatoms. The molecule has 152 valence electrons. The van der Waals surface area contributed by atoms with Gasteiger partial charge in [-0.1, -0.05) is 12.1 Å². The summed E-state index contributed by atoms with van der Waals surface area (Å²) in [6.07, 6.45) is 3.60. The number of methoxy groups -OCH3 is 1. The molecule has 2 N–H and O–H groups in total. The molecule has 0 atom stereocenters. The van der Waals surface area contributed by atoms with Gasteiger partial charge in [-0.15, -0.1) is 0 Å². The minimum atomic E-state index is -4.17. The summed E-state index contributed by atoms with van der Waals surface area (Å²) in [4.78, 5) is 10.6. The molecule has 1 heterocycles. The number of sulfone groups is 1. The molecule has 9 nitrogen and oxygen atoms in total. The van der Waals surface area contributed by atoms with Crippen LogP contribution in [0.15, 0.2) is 58.3 Å². The van der Waals surface area contributed by atoms with E-state index in [1.165, 1.54) is 55.7 Å². The van der Waals surface area contributed by atoms with Crippen LogP contribution in [0, 0.1) is 0 Å². The minimum Gasteiger partial charge on any atom is -0.466 e. The average molecular weight is 435 g/mol. The number of sulfonamides is 1. The van der Waals surface area contributed by atoms with Gasteiger partial charge in [0.25, 0.3) is 10.0 Å². The molecule has 0 aliphatic rings. The van der Waals surface area contributed by atoms with Gasteiger partial charge in [-0.3, -0.25) is 9.82 Å². The van der Waals surface area contributed by atoms with Crippen LogP contribution in [0.4, 0.5) is 5.69 Å². The van der Waals surface area contributed by atoms with E-state index in [4.69, 9.17) is 0 Å². The van der Waals surface area contributed by atoms with Gasteiger partial charge in [0.05, 0.1) is 23.2 Å². The number of aromatic nitrogens is 2. The van der Waals surface area contributed by atoms with Crippen molar-refractivity contribution in [3.05, 3.63) is 54.2 Å². The van der Waals surface area contributed by atoms with E-state index in [9.17, 15) is 21.6 Å². The Hall–Kier alpha value is -3.18. The Kier molecular flexibility index (Phi) is 5.44. The molecule has 0 unspecified atom stereocenters. The van der Waals surface area contributed by atoms with E-state index in [-0.39, 0.29) is 15.5 Å². The first-order valence-corrected chi connectivity index (χ1v) is 11.6. The largest absolute Gasteiger partial charge is 0.466 e. The van der Waals surface area contributed by atoms with Gasteiger partial charge in [0.2, 0.25) is 0 Å². The van der Waals surface area contributed by atoms with Crippen molar-refractivity contribution in [3.63, 3.8) is 0 Å². The molecule has 2 aromatic carbocycles. The molecule has 0 fully saturated rings. The molecule has 0 aliphatic heterocycles. The summed E-state index contributed by atoms with van der Waals surface area (Å²) in [6.45, 7) is 0. The third-order valence-corrected chi connectivity index (χ3v) is 6.68. The summed E-state index contributed by atoms with van der Waals surface area (Å²) in [5.74, 6) is -0.554. The molecule has 0 radical (unpaired) electrons. The number of carbonyl (C=O) groups excluding carboxylic acids is 1. The lowest BCUT2D eigenvalue weighted by Gasteiger charge is -2.11. The number of hydrogen-bond donors (Lipinski definition) is 2.